The Balaban J connectivity index is 0.00000220. The van der Waals surface area contributed by atoms with Gasteiger partial charge in [0, 0.05) is 19.6 Å². The zero-order valence-corrected chi connectivity index (χ0v) is 15.5. The molecule has 0 radical (unpaired) electrons. The average Bonchev–Trinajstić information content (AvgIpc) is 3.10. The van der Waals surface area contributed by atoms with Crippen molar-refractivity contribution in [3.05, 3.63) is 24.2 Å². The van der Waals surface area contributed by atoms with Crippen molar-refractivity contribution in [2.45, 2.75) is 37.8 Å². The zero-order valence-electron chi connectivity index (χ0n) is 13.1. The predicted molar refractivity (Wildman–Crippen MR) is 97.3 cm³/mol. The summed E-state index contributed by atoms with van der Waals surface area (Å²) in [6, 6.07) is 4.71. The molecule has 5 nitrogen and oxygen atoms in total. The van der Waals surface area contributed by atoms with Gasteiger partial charge in [0.25, 0.3) is 0 Å². The van der Waals surface area contributed by atoms with Gasteiger partial charge in [-0.05, 0) is 39.1 Å². The maximum absolute atomic E-state index is 5.51. The fraction of sp³-hybridized carbons (Fsp3) is 0.667. The van der Waals surface area contributed by atoms with Crippen LogP contribution in [0.1, 0.15) is 37.5 Å². The molecule has 0 aliphatic heterocycles. The maximum Gasteiger partial charge on any atom is 0.191 e. The van der Waals surface area contributed by atoms with Gasteiger partial charge in [0.2, 0.25) is 0 Å². The van der Waals surface area contributed by atoms with Crippen LogP contribution in [0.25, 0.3) is 0 Å². The Hall–Kier alpha value is -0.760. The molecule has 1 fully saturated rings. The Kier molecular flexibility index (Phi) is 8.10. The molecular formula is C15H27IN4O. The fourth-order valence-corrected chi connectivity index (χ4v) is 2.67. The van der Waals surface area contributed by atoms with Crippen LogP contribution < -0.4 is 10.6 Å². The number of furan rings is 1. The molecule has 1 aromatic rings. The number of rotatable bonds is 5. The number of hydrogen-bond acceptors (Lipinski definition) is 3. The molecule has 1 saturated carbocycles. The van der Waals surface area contributed by atoms with Crippen molar-refractivity contribution in [2.24, 2.45) is 4.99 Å². The van der Waals surface area contributed by atoms with Gasteiger partial charge in [0.15, 0.2) is 5.96 Å². The van der Waals surface area contributed by atoms with E-state index < -0.39 is 0 Å². The van der Waals surface area contributed by atoms with Crippen LogP contribution in [0.15, 0.2) is 27.8 Å². The lowest BCUT2D eigenvalue weighted by Crippen LogP contribution is -2.45. The van der Waals surface area contributed by atoms with Gasteiger partial charge in [-0.15, -0.1) is 24.0 Å². The number of halogens is 1. The van der Waals surface area contributed by atoms with E-state index in [-0.39, 0.29) is 30.0 Å². The van der Waals surface area contributed by atoms with Gasteiger partial charge in [0.05, 0.1) is 12.3 Å². The van der Waals surface area contributed by atoms with E-state index >= 15 is 0 Å². The predicted octanol–water partition coefficient (Wildman–Crippen LogP) is 2.61. The zero-order chi connectivity index (χ0) is 14.4. The van der Waals surface area contributed by atoms with Crippen LogP contribution in [0.2, 0.25) is 0 Å². The second-order valence-electron chi connectivity index (χ2n) is 5.57. The normalized spacial score (nSPS) is 17.6. The van der Waals surface area contributed by atoms with E-state index in [4.69, 9.17) is 4.42 Å². The minimum absolute atomic E-state index is 0. The summed E-state index contributed by atoms with van der Waals surface area (Å²) >= 11 is 0. The summed E-state index contributed by atoms with van der Waals surface area (Å²) in [5, 5.41) is 6.90. The van der Waals surface area contributed by atoms with Crippen molar-refractivity contribution in [3.8, 4) is 0 Å². The summed E-state index contributed by atoms with van der Waals surface area (Å²) in [6.07, 6.45) is 6.85. The Bertz CT molecular complexity index is 413. The summed E-state index contributed by atoms with van der Waals surface area (Å²) in [6.45, 7) is 0.771. The van der Waals surface area contributed by atoms with Crippen molar-refractivity contribution in [1.82, 2.24) is 15.5 Å². The molecule has 1 atom stereocenters. The molecule has 0 saturated heterocycles. The summed E-state index contributed by atoms with van der Waals surface area (Å²) in [5.74, 6) is 1.86. The molecule has 0 spiro atoms. The topological polar surface area (TPSA) is 52.8 Å². The molecule has 1 heterocycles. The average molecular weight is 406 g/mol. The third kappa shape index (κ3) is 5.50. The first kappa shape index (κ1) is 18.3. The third-order valence-electron chi connectivity index (χ3n) is 3.88. The van der Waals surface area contributed by atoms with Crippen LogP contribution in [-0.2, 0) is 0 Å². The summed E-state index contributed by atoms with van der Waals surface area (Å²) < 4.78 is 5.51. The number of hydrogen-bond donors (Lipinski definition) is 2. The molecule has 2 rings (SSSR count). The first-order valence-electron chi connectivity index (χ1n) is 7.37. The van der Waals surface area contributed by atoms with Gasteiger partial charge in [-0.3, -0.25) is 9.89 Å². The van der Waals surface area contributed by atoms with E-state index in [1.165, 1.54) is 25.7 Å². The summed E-state index contributed by atoms with van der Waals surface area (Å²) in [7, 11) is 5.94. The Labute approximate surface area is 144 Å². The first-order valence-corrected chi connectivity index (χ1v) is 7.37. The monoisotopic (exact) mass is 406 g/mol. The van der Waals surface area contributed by atoms with Crippen LogP contribution >= 0.6 is 24.0 Å². The van der Waals surface area contributed by atoms with Crippen LogP contribution in [-0.4, -0.2) is 44.6 Å². The molecule has 1 aliphatic carbocycles. The lowest BCUT2D eigenvalue weighted by atomic mass is 10.2. The van der Waals surface area contributed by atoms with Crippen LogP contribution in [0.5, 0.6) is 0 Å². The molecule has 21 heavy (non-hydrogen) atoms. The van der Waals surface area contributed by atoms with E-state index in [2.05, 4.69) is 34.6 Å². The second-order valence-corrected chi connectivity index (χ2v) is 5.57. The molecular weight excluding hydrogens is 379 g/mol. The first-order chi connectivity index (χ1) is 9.70. The van der Waals surface area contributed by atoms with Gasteiger partial charge in [0.1, 0.15) is 5.76 Å². The van der Waals surface area contributed by atoms with Crippen LogP contribution in [0.4, 0.5) is 0 Å². The standard InChI is InChI=1S/C15H26N4O.HI/c1-16-15(18-12-7-4-5-8-12)17-11-13(19(2)3)14-9-6-10-20-14;/h6,9-10,12-13H,4-5,7-8,11H2,1-3H3,(H2,16,17,18);1H. The number of nitrogens with one attached hydrogen (secondary N) is 2. The molecule has 0 bridgehead atoms. The Morgan fingerprint density at radius 2 is 2.14 bits per heavy atom. The van der Waals surface area contributed by atoms with E-state index in [9.17, 15) is 0 Å². The highest BCUT2D eigenvalue weighted by molar-refractivity contribution is 14.0. The Morgan fingerprint density at radius 3 is 2.67 bits per heavy atom. The lowest BCUT2D eigenvalue weighted by Gasteiger charge is -2.24. The minimum atomic E-state index is 0. The molecule has 1 unspecified atom stereocenters. The van der Waals surface area contributed by atoms with Crippen molar-refractivity contribution >= 4 is 29.9 Å². The van der Waals surface area contributed by atoms with Crippen molar-refractivity contribution in [1.29, 1.82) is 0 Å². The minimum Gasteiger partial charge on any atom is -0.468 e. The Morgan fingerprint density at radius 1 is 1.43 bits per heavy atom. The fourth-order valence-electron chi connectivity index (χ4n) is 2.67. The van der Waals surface area contributed by atoms with E-state index in [0.29, 0.717) is 6.04 Å². The van der Waals surface area contributed by atoms with Gasteiger partial charge in [-0.1, -0.05) is 12.8 Å². The SMILES string of the molecule is CN=C(NCC(c1ccco1)N(C)C)NC1CCCC1.I. The number of guanidine groups is 1. The smallest absolute Gasteiger partial charge is 0.191 e. The van der Waals surface area contributed by atoms with E-state index in [1.54, 1.807) is 6.26 Å². The van der Waals surface area contributed by atoms with Crippen molar-refractivity contribution in [3.63, 3.8) is 0 Å². The highest BCUT2D eigenvalue weighted by Crippen LogP contribution is 2.18. The number of nitrogens with zero attached hydrogens (tertiary/aromatic N) is 2. The molecule has 6 heteroatoms. The lowest BCUT2D eigenvalue weighted by molar-refractivity contribution is 0.258. The summed E-state index contributed by atoms with van der Waals surface area (Å²) in [5.41, 5.74) is 0. The van der Waals surface area contributed by atoms with E-state index in [0.717, 1.165) is 18.3 Å². The highest BCUT2D eigenvalue weighted by Gasteiger charge is 2.19. The van der Waals surface area contributed by atoms with Crippen LogP contribution in [0, 0.1) is 0 Å². The maximum atomic E-state index is 5.51. The van der Waals surface area contributed by atoms with Crippen molar-refractivity contribution < 1.29 is 4.42 Å². The third-order valence-corrected chi connectivity index (χ3v) is 3.88. The molecule has 2 N–H and O–H groups in total. The molecule has 1 aliphatic rings. The number of likely N-dealkylation sites (N-methyl/N-ethyl adjacent to an activating group) is 1. The largest absolute Gasteiger partial charge is 0.468 e. The van der Waals surface area contributed by atoms with E-state index in [1.807, 2.05) is 19.2 Å². The summed E-state index contributed by atoms with van der Waals surface area (Å²) in [4.78, 5) is 6.46. The van der Waals surface area contributed by atoms with Gasteiger partial charge in [-0.25, -0.2) is 0 Å². The quantitative estimate of drug-likeness (QED) is 0.449. The molecule has 1 aromatic heterocycles. The van der Waals surface area contributed by atoms with Crippen molar-refractivity contribution in [2.75, 3.05) is 27.7 Å². The van der Waals surface area contributed by atoms with Crippen LogP contribution in [0.3, 0.4) is 0 Å². The molecule has 0 aromatic carbocycles. The number of aliphatic imine (C=N–C) groups is 1. The van der Waals surface area contributed by atoms with Gasteiger partial charge >= 0.3 is 0 Å². The van der Waals surface area contributed by atoms with Gasteiger partial charge < -0.3 is 15.1 Å². The van der Waals surface area contributed by atoms with Gasteiger partial charge in [-0.2, -0.15) is 0 Å². The molecule has 120 valence electrons. The molecule has 0 amide bonds. The second kappa shape index (κ2) is 9.30. The highest BCUT2D eigenvalue weighted by atomic mass is 127.